The van der Waals surface area contributed by atoms with Crippen LogP contribution in [0.15, 0.2) is 47.4 Å². The average Bonchev–Trinajstić information content (AvgIpc) is 2.92. The normalized spacial score (nSPS) is 18.5. The van der Waals surface area contributed by atoms with Gasteiger partial charge in [-0.05, 0) is 29.7 Å². The van der Waals surface area contributed by atoms with Gasteiger partial charge >= 0.3 is 0 Å². The van der Waals surface area contributed by atoms with E-state index in [0.29, 0.717) is 17.4 Å². The van der Waals surface area contributed by atoms with Gasteiger partial charge < -0.3 is 10.1 Å². The monoisotopic (exact) mass is 385 g/mol. The van der Waals surface area contributed by atoms with Gasteiger partial charge in [-0.2, -0.15) is 0 Å². The molecule has 0 aromatic heterocycles. The molecule has 4 heteroatoms. The van der Waals surface area contributed by atoms with Gasteiger partial charge in [-0.25, -0.2) is 0 Å². The van der Waals surface area contributed by atoms with Gasteiger partial charge in [0.25, 0.3) is 0 Å². The molecule has 0 fully saturated rings. The Labute approximate surface area is 167 Å². The number of aldehydes is 1. The van der Waals surface area contributed by atoms with Gasteiger partial charge in [0.1, 0.15) is 5.75 Å². The van der Waals surface area contributed by atoms with E-state index in [1.807, 2.05) is 43.8 Å². The molecular formula is C23H31NO2S. The van der Waals surface area contributed by atoms with E-state index in [-0.39, 0.29) is 6.04 Å². The minimum absolute atomic E-state index is 0.114. The maximum atomic E-state index is 11.4. The number of methoxy groups -OCH3 is 1. The van der Waals surface area contributed by atoms with E-state index >= 15 is 0 Å². The van der Waals surface area contributed by atoms with Crippen molar-refractivity contribution in [3.8, 4) is 5.75 Å². The first-order valence-electron chi connectivity index (χ1n) is 9.87. The average molecular weight is 386 g/mol. The molecule has 2 aromatic carbocycles. The van der Waals surface area contributed by atoms with Crippen molar-refractivity contribution in [3.63, 3.8) is 0 Å². The second kappa shape index (κ2) is 11.2. The zero-order valence-corrected chi connectivity index (χ0v) is 17.6. The van der Waals surface area contributed by atoms with Crippen molar-refractivity contribution in [1.82, 2.24) is 5.32 Å². The molecule has 1 heterocycles. The molecule has 3 rings (SSSR count). The number of unbranched alkanes of at least 4 members (excludes halogenated alkanes) is 1. The summed E-state index contributed by atoms with van der Waals surface area (Å²) in [7, 11) is 1.62. The molecule has 3 nitrogen and oxygen atoms in total. The predicted octanol–water partition coefficient (Wildman–Crippen LogP) is 5.88. The van der Waals surface area contributed by atoms with Crippen LogP contribution in [0.25, 0.3) is 0 Å². The number of nitrogens with one attached hydrogen (secondary N) is 1. The smallest absolute Gasteiger partial charge is 0.153 e. The van der Waals surface area contributed by atoms with Gasteiger partial charge in [0.15, 0.2) is 6.29 Å². The molecule has 1 N–H and O–H groups in total. The number of fused-ring (bicyclic) bond motifs is 1. The molecule has 0 saturated carbocycles. The molecule has 2 aromatic rings. The van der Waals surface area contributed by atoms with Crippen LogP contribution in [0.5, 0.6) is 5.75 Å². The lowest BCUT2D eigenvalue weighted by molar-refractivity contribution is 0.112. The van der Waals surface area contributed by atoms with Crippen molar-refractivity contribution in [2.45, 2.75) is 57.0 Å². The molecule has 0 bridgehead atoms. The molecule has 0 spiro atoms. The van der Waals surface area contributed by atoms with Crippen molar-refractivity contribution in [2.75, 3.05) is 12.9 Å². The highest BCUT2D eigenvalue weighted by Gasteiger charge is 2.26. The lowest BCUT2D eigenvalue weighted by Crippen LogP contribution is -2.34. The third kappa shape index (κ3) is 5.36. The van der Waals surface area contributed by atoms with Crippen LogP contribution in [-0.4, -0.2) is 25.2 Å². The summed E-state index contributed by atoms with van der Waals surface area (Å²) in [4.78, 5) is 12.6. The third-order valence-electron chi connectivity index (χ3n) is 4.68. The van der Waals surface area contributed by atoms with Crippen molar-refractivity contribution >= 4 is 18.0 Å². The number of hydrogen-bond donors (Lipinski definition) is 1. The summed E-state index contributed by atoms with van der Waals surface area (Å²) in [6, 6.07) is 15.1. The van der Waals surface area contributed by atoms with E-state index < -0.39 is 0 Å². The number of benzene rings is 2. The van der Waals surface area contributed by atoms with Gasteiger partial charge in [0.05, 0.1) is 18.7 Å². The van der Waals surface area contributed by atoms with Crippen molar-refractivity contribution in [3.05, 3.63) is 59.2 Å². The van der Waals surface area contributed by atoms with Gasteiger partial charge in [-0.15, -0.1) is 11.8 Å². The molecule has 0 radical (unpaired) electrons. The fourth-order valence-electron chi connectivity index (χ4n) is 3.31. The molecule has 2 atom stereocenters. The van der Waals surface area contributed by atoms with Crippen LogP contribution in [0.2, 0.25) is 0 Å². The van der Waals surface area contributed by atoms with Crippen LogP contribution < -0.4 is 10.1 Å². The lowest BCUT2D eigenvalue weighted by Gasteiger charge is -2.24. The zero-order chi connectivity index (χ0) is 19.6. The number of thioether (sulfide) groups is 1. The Bertz CT molecular complexity index is 718. The Hall–Kier alpha value is -1.78. The summed E-state index contributed by atoms with van der Waals surface area (Å²) in [5.74, 6) is 1.66. The van der Waals surface area contributed by atoms with Gasteiger partial charge in [-0.3, -0.25) is 4.79 Å². The van der Waals surface area contributed by atoms with Crippen molar-refractivity contribution in [1.29, 1.82) is 0 Å². The van der Waals surface area contributed by atoms with Crippen LogP contribution in [-0.2, 0) is 0 Å². The van der Waals surface area contributed by atoms with Crippen molar-refractivity contribution in [2.24, 2.45) is 0 Å². The maximum absolute atomic E-state index is 11.4. The molecule has 0 saturated heterocycles. The van der Waals surface area contributed by atoms with Crippen LogP contribution >= 0.6 is 11.8 Å². The molecule has 1 aliphatic rings. The first-order valence-corrected chi connectivity index (χ1v) is 10.9. The van der Waals surface area contributed by atoms with E-state index in [4.69, 9.17) is 4.74 Å². The highest BCUT2D eigenvalue weighted by molar-refractivity contribution is 7.99. The van der Waals surface area contributed by atoms with Crippen LogP contribution in [0, 0.1) is 0 Å². The van der Waals surface area contributed by atoms with E-state index in [0.717, 1.165) is 12.0 Å². The summed E-state index contributed by atoms with van der Waals surface area (Å²) >= 11 is 1.84. The topological polar surface area (TPSA) is 38.3 Å². The molecule has 146 valence electrons. The van der Waals surface area contributed by atoms with Crippen LogP contribution in [0.1, 0.15) is 67.6 Å². The highest BCUT2D eigenvalue weighted by Crippen LogP contribution is 2.39. The van der Waals surface area contributed by atoms with Crippen molar-refractivity contribution < 1.29 is 9.53 Å². The standard InChI is InChI=1S/C21H25NO2S.C2H6/c1-3-4-10-17-14-25-20-11-16(13-23)19(24-2)12-18(20)21(22-17)15-8-6-5-7-9-15;1-2/h5-9,11-13,17,21-22H,3-4,10,14H2,1-2H3;1-2H3. The Balaban J connectivity index is 0.00000126. The second-order valence-electron chi connectivity index (χ2n) is 6.41. The first kappa shape index (κ1) is 21.5. The van der Waals surface area contributed by atoms with E-state index in [1.54, 1.807) is 7.11 Å². The summed E-state index contributed by atoms with van der Waals surface area (Å²) < 4.78 is 5.45. The predicted molar refractivity (Wildman–Crippen MR) is 115 cm³/mol. The van der Waals surface area contributed by atoms with Crippen LogP contribution in [0.3, 0.4) is 0 Å². The van der Waals surface area contributed by atoms with Gasteiger partial charge in [-0.1, -0.05) is 63.9 Å². The molecular weight excluding hydrogens is 354 g/mol. The highest BCUT2D eigenvalue weighted by atomic mass is 32.2. The molecule has 27 heavy (non-hydrogen) atoms. The summed E-state index contributed by atoms with van der Waals surface area (Å²) in [6.45, 7) is 6.23. The fraction of sp³-hybridized carbons (Fsp3) is 0.435. The van der Waals surface area contributed by atoms with Crippen LogP contribution in [0.4, 0.5) is 0 Å². The zero-order valence-electron chi connectivity index (χ0n) is 16.8. The quantitative estimate of drug-likeness (QED) is 0.630. The summed E-state index contributed by atoms with van der Waals surface area (Å²) in [6.07, 6.45) is 4.47. The second-order valence-corrected chi connectivity index (χ2v) is 7.47. The SMILES string of the molecule is CC.CCCCC1CSc2cc(C=O)c(OC)cc2C(c2ccccc2)N1. The molecule has 0 aliphatic carbocycles. The Kier molecular flexibility index (Phi) is 8.89. The molecule has 2 unspecified atom stereocenters. The number of carbonyl (C=O) groups excluding carboxylic acids is 1. The number of hydrogen-bond acceptors (Lipinski definition) is 4. The lowest BCUT2D eigenvalue weighted by atomic mass is 9.96. The van der Waals surface area contributed by atoms with E-state index in [9.17, 15) is 4.79 Å². The third-order valence-corrected chi connectivity index (χ3v) is 5.92. The number of rotatable bonds is 6. The first-order chi connectivity index (χ1) is 13.3. The fourth-order valence-corrected chi connectivity index (χ4v) is 4.51. The minimum Gasteiger partial charge on any atom is -0.496 e. The summed E-state index contributed by atoms with van der Waals surface area (Å²) in [5.41, 5.74) is 3.05. The Morgan fingerprint density at radius 1 is 1.22 bits per heavy atom. The van der Waals surface area contributed by atoms with E-state index in [1.165, 1.54) is 35.3 Å². The maximum Gasteiger partial charge on any atom is 0.153 e. The van der Waals surface area contributed by atoms with E-state index in [2.05, 4.69) is 36.5 Å². The molecule has 1 aliphatic heterocycles. The number of ether oxygens (including phenoxy) is 1. The number of carbonyl (C=O) groups is 1. The minimum atomic E-state index is 0.114. The summed E-state index contributed by atoms with van der Waals surface area (Å²) in [5, 5.41) is 3.85. The Morgan fingerprint density at radius 3 is 2.59 bits per heavy atom. The molecule has 0 amide bonds. The Morgan fingerprint density at radius 2 is 1.96 bits per heavy atom. The largest absolute Gasteiger partial charge is 0.496 e. The van der Waals surface area contributed by atoms with Gasteiger partial charge in [0, 0.05) is 16.7 Å². The van der Waals surface area contributed by atoms with Gasteiger partial charge in [0.2, 0.25) is 0 Å².